The van der Waals surface area contributed by atoms with Gasteiger partial charge in [-0.05, 0) is 41.5 Å². The normalized spacial score (nSPS) is 10.7. The minimum Gasteiger partial charge on any atom is -0.504 e. The molecule has 0 unspecified atom stereocenters. The van der Waals surface area contributed by atoms with Crippen LogP contribution in [0.3, 0.4) is 0 Å². The molecule has 2 rings (SSSR count). The van der Waals surface area contributed by atoms with E-state index in [0.29, 0.717) is 5.56 Å². The van der Waals surface area contributed by atoms with E-state index < -0.39 is 0 Å². The number of carbonyl (C=O) groups is 1. The highest BCUT2D eigenvalue weighted by Crippen LogP contribution is 2.23. The monoisotopic (exact) mass is 348 g/mol. The number of phenolic OH excluding ortho intramolecular Hbond substituents is 2. The summed E-state index contributed by atoms with van der Waals surface area (Å²) >= 11 is 3.33. The molecule has 0 atom stereocenters. The predicted octanol–water partition coefficient (Wildman–Crippen LogP) is 2.55. The van der Waals surface area contributed by atoms with Gasteiger partial charge in [0.2, 0.25) is 5.91 Å². The van der Waals surface area contributed by atoms with E-state index in [0.717, 1.165) is 10.0 Å². The molecule has 3 N–H and O–H groups in total. The van der Waals surface area contributed by atoms with Crippen molar-refractivity contribution < 1.29 is 15.0 Å². The van der Waals surface area contributed by atoms with Gasteiger partial charge in [0.1, 0.15) is 0 Å². The number of benzene rings is 2. The van der Waals surface area contributed by atoms with Crippen LogP contribution in [0.4, 0.5) is 0 Å². The second-order valence-corrected chi connectivity index (χ2v) is 5.26. The molecule has 0 radical (unpaired) electrons. The van der Waals surface area contributed by atoms with Crippen LogP contribution in [0, 0.1) is 0 Å². The summed E-state index contributed by atoms with van der Waals surface area (Å²) in [7, 11) is 0. The number of carbonyl (C=O) groups excluding carboxylic acids is 1. The third kappa shape index (κ3) is 4.61. The molecule has 2 aromatic carbocycles. The van der Waals surface area contributed by atoms with Crippen LogP contribution in [0.5, 0.6) is 11.5 Å². The number of aromatic hydroxyl groups is 2. The maximum absolute atomic E-state index is 11.7. The van der Waals surface area contributed by atoms with Gasteiger partial charge in [0.15, 0.2) is 11.5 Å². The van der Waals surface area contributed by atoms with Crippen LogP contribution in [-0.4, -0.2) is 22.3 Å². The molecule has 0 heterocycles. The fraction of sp³-hybridized carbons (Fsp3) is 0.0667. The van der Waals surface area contributed by atoms with Crippen LogP contribution in [-0.2, 0) is 11.2 Å². The average Bonchev–Trinajstić information content (AvgIpc) is 2.45. The highest BCUT2D eigenvalue weighted by atomic mass is 79.9. The fourth-order valence-electron chi connectivity index (χ4n) is 1.63. The van der Waals surface area contributed by atoms with Crippen LogP contribution < -0.4 is 5.43 Å². The van der Waals surface area contributed by atoms with E-state index in [1.165, 1.54) is 18.3 Å². The summed E-state index contributed by atoms with van der Waals surface area (Å²) in [6, 6.07) is 11.7. The van der Waals surface area contributed by atoms with E-state index in [9.17, 15) is 15.0 Å². The van der Waals surface area contributed by atoms with Crippen molar-refractivity contribution in [3.05, 3.63) is 58.1 Å². The van der Waals surface area contributed by atoms with Gasteiger partial charge in [-0.25, -0.2) is 5.43 Å². The number of hydrogen-bond donors (Lipinski definition) is 3. The standard InChI is InChI=1S/C15H13BrN2O3/c16-12-4-1-10(2-5-12)8-15(21)18-17-9-11-3-6-13(19)14(20)7-11/h1-7,9,19-20H,8H2,(H,18,21)/b17-9-. The van der Waals surface area contributed by atoms with Gasteiger partial charge in [-0.1, -0.05) is 28.1 Å². The molecule has 0 saturated carbocycles. The summed E-state index contributed by atoms with van der Waals surface area (Å²) in [6.45, 7) is 0. The van der Waals surface area contributed by atoms with Crippen molar-refractivity contribution in [1.29, 1.82) is 0 Å². The first-order valence-electron chi connectivity index (χ1n) is 6.13. The van der Waals surface area contributed by atoms with Crippen molar-refractivity contribution in [2.45, 2.75) is 6.42 Å². The Hall–Kier alpha value is -2.34. The Morgan fingerprint density at radius 2 is 1.86 bits per heavy atom. The molecule has 0 aliphatic heterocycles. The molecule has 0 bridgehead atoms. The number of hydrazone groups is 1. The maximum atomic E-state index is 11.7. The molecule has 0 aliphatic rings. The van der Waals surface area contributed by atoms with Crippen LogP contribution in [0.2, 0.25) is 0 Å². The summed E-state index contributed by atoms with van der Waals surface area (Å²) in [6.07, 6.45) is 1.62. The first-order valence-corrected chi connectivity index (χ1v) is 6.92. The van der Waals surface area contributed by atoms with Gasteiger partial charge >= 0.3 is 0 Å². The molecular weight excluding hydrogens is 336 g/mol. The lowest BCUT2D eigenvalue weighted by Gasteiger charge is -2.01. The molecule has 1 amide bonds. The summed E-state index contributed by atoms with van der Waals surface area (Å²) in [5, 5.41) is 22.3. The van der Waals surface area contributed by atoms with E-state index in [1.54, 1.807) is 6.07 Å². The Balaban J connectivity index is 1.89. The highest BCUT2D eigenvalue weighted by Gasteiger charge is 2.02. The molecule has 2 aromatic rings. The average molecular weight is 349 g/mol. The van der Waals surface area contributed by atoms with Crippen LogP contribution in [0.15, 0.2) is 52.0 Å². The molecule has 0 fully saturated rings. The van der Waals surface area contributed by atoms with E-state index >= 15 is 0 Å². The largest absolute Gasteiger partial charge is 0.504 e. The van der Waals surface area contributed by atoms with Crippen molar-refractivity contribution in [2.75, 3.05) is 0 Å². The molecular formula is C15H13BrN2O3. The second kappa shape index (κ2) is 6.90. The van der Waals surface area contributed by atoms with Gasteiger partial charge in [0, 0.05) is 4.47 Å². The third-order valence-corrected chi connectivity index (χ3v) is 3.21. The topological polar surface area (TPSA) is 81.9 Å². The minimum absolute atomic E-state index is 0.202. The first-order chi connectivity index (χ1) is 10.0. The molecule has 6 heteroatoms. The number of phenols is 2. The Morgan fingerprint density at radius 3 is 2.52 bits per heavy atom. The first kappa shape index (κ1) is 15.1. The Bertz CT molecular complexity index is 669. The lowest BCUT2D eigenvalue weighted by molar-refractivity contribution is -0.120. The number of nitrogens with one attached hydrogen (secondary N) is 1. The SMILES string of the molecule is O=C(Cc1ccc(Br)cc1)N/N=C\c1ccc(O)c(O)c1. The zero-order valence-corrected chi connectivity index (χ0v) is 12.5. The summed E-state index contributed by atoms with van der Waals surface area (Å²) in [5.74, 6) is -0.678. The minimum atomic E-state index is -0.239. The Labute approximate surface area is 130 Å². The van der Waals surface area contributed by atoms with E-state index in [4.69, 9.17) is 0 Å². The van der Waals surface area contributed by atoms with Crippen LogP contribution >= 0.6 is 15.9 Å². The van der Waals surface area contributed by atoms with Gasteiger partial charge in [0.05, 0.1) is 12.6 Å². The van der Waals surface area contributed by atoms with Gasteiger partial charge < -0.3 is 10.2 Å². The number of hydrogen-bond acceptors (Lipinski definition) is 4. The van der Waals surface area contributed by atoms with E-state index in [1.807, 2.05) is 24.3 Å². The smallest absolute Gasteiger partial charge is 0.244 e. The number of amides is 1. The Kier molecular flexibility index (Phi) is 4.94. The molecule has 21 heavy (non-hydrogen) atoms. The van der Waals surface area contributed by atoms with Crippen LogP contribution in [0.1, 0.15) is 11.1 Å². The number of rotatable bonds is 4. The zero-order chi connectivity index (χ0) is 15.2. The van der Waals surface area contributed by atoms with Crippen molar-refractivity contribution in [3.63, 3.8) is 0 Å². The molecule has 0 saturated heterocycles. The van der Waals surface area contributed by atoms with Crippen molar-refractivity contribution in [2.24, 2.45) is 5.10 Å². The molecule has 108 valence electrons. The third-order valence-electron chi connectivity index (χ3n) is 2.68. The summed E-state index contributed by atoms with van der Waals surface area (Å²) in [5.41, 5.74) is 3.85. The van der Waals surface area contributed by atoms with Gasteiger partial charge in [-0.3, -0.25) is 4.79 Å². The van der Waals surface area contributed by atoms with Crippen molar-refractivity contribution in [1.82, 2.24) is 5.43 Å². The number of nitrogens with zero attached hydrogens (tertiary/aromatic N) is 1. The second-order valence-electron chi connectivity index (χ2n) is 4.34. The van der Waals surface area contributed by atoms with Crippen molar-refractivity contribution in [3.8, 4) is 11.5 Å². The molecule has 0 spiro atoms. The lowest BCUT2D eigenvalue weighted by atomic mass is 10.1. The zero-order valence-electron chi connectivity index (χ0n) is 11.0. The molecule has 5 nitrogen and oxygen atoms in total. The van der Waals surface area contributed by atoms with Crippen molar-refractivity contribution >= 4 is 28.1 Å². The van der Waals surface area contributed by atoms with Gasteiger partial charge in [-0.15, -0.1) is 0 Å². The Morgan fingerprint density at radius 1 is 1.14 bits per heavy atom. The van der Waals surface area contributed by atoms with Gasteiger partial charge in [0.25, 0.3) is 0 Å². The lowest BCUT2D eigenvalue weighted by Crippen LogP contribution is -2.19. The van der Waals surface area contributed by atoms with Crippen LogP contribution in [0.25, 0.3) is 0 Å². The fourth-order valence-corrected chi connectivity index (χ4v) is 1.89. The summed E-state index contributed by atoms with van der Waals surface area (Å²) < 4.78 is 0.955. The molecule has 0 aromatic heterocycles. The predicted molar refractivity (Wildman–Crippen MR) is 83.4 cm³/mol. The molecule has 0 aliphatic carbocycles. The maximum Gasteiger partial charge on any atom is 0.244 e. The number of halogens is 1. The summed E-state index contributed by atoms with van der Waals surface area (Å²) in [4.78, 5) is 11.7. The quantitative estimate of drug-likeness (QED) is 0.451. The van der Waals surface area contributed by atoms with E-state index in [-0.39, 0.29) is 23.8 Å². The van der Waals surface area contributed by atoms with Gasteiger partial charge in [-0.2, -0.15) is 5.10 Å². The van der Waals surface area contributed by atoms with E-state index in [2.05, 4.69) is 26.5 Å². The highest BCUT2D eigenvalue weighted by molar-refractivity contribution is 9.10.